The summed E-state index contributed by atoms with van der Waals surface area (Å²) in [4.78, 5) is 17.3. The molecule has 0 radical (unpaired) electrons. The molecule has 0 spiro atoms. The van der Waals surface area contributed by atoms with Crippen molar-refractivity contribution in [3.63, 3.8) is 0 Å². The number of methoxy groups -OCH3 is 1. The van der Waals surface area contributed by atoms with Gasteiger partial charge in [-0.15, -0.1) is 0 Å². The average molecular weight is 427 g/mol. The predicted molar refractivity (Wildman–Crippen MR) is 115 cm³/mol. The van der Waals surface area contributed by atoms with Crippen LogP contribution in [0.4, 0.5) is 4.39 Å². The molecule has 1 fully saturated rings. The van der Waals surface area contributed by atoms with Gasteiger partial charge in [0.05, 0.1) is 43.0 Å². The Kier molecular flexibility index (Phi) is 6.50. The van der Waals surface area contributed by atoms with Crippen molar-refractivity contribution in [3.8, 4) is 17.0 Å². The van der Waals surface area contributed by atoms with E-state index in [4.69, 9.17) is 9.47 Å². The van der Waals surface area contributed by atoms with Crippen LogP contribution in [0.1, 0.15) is 23.2 Å². The predicted octanol–water partition coefficient (Wildman–Crippen LogP) is 4.85. The first-order valence-electron chi connectivity index (χ1n) is 9.88. The summed E-state index contributed by atoms with van der Waals surface area (Å²) in [6.07, 6.45) is 4.04. The summed E-state index contributed by atoms with van der Waals surface area (Å²) in [5.41, 5.74) is 2.29. The molecule has 4 rings (SSSR count). The number of benzene rings is 2. The largest absolute Gasteiger partial charge is 0.496 e. The Labute approximate surface area is 179 Å². The first-order chi connectivity index (χ1) is 14.7. The maximum absolute atomic E-state index is 13.6. The molecule has 1 aliphatic rings. The van der Waals surface area contributed by atoms with Crippen molar-refractivity contribution < 1.29 is 18.7 Å². The van der Waals surface area contributed by atoms with Crippen LogP contribution in [-0.2, 0) is 11.3 Å². The van der Waals surface area contributed by atoms with Gasteiger partial charge in [0.1, 0.15) is 11.6 Å². The Morgan fingerprint density at radius 1 is 1.30 bits per heavy atom. The number of nitrogens with zero attached hydrogens (tertiary/aromatic N) is 2. The van der Waals surface area contributed by atoms with Crippen molar-refractivity contribution >= 4 is 17.5 Å². The second-order valence-electron chi connectivity index (χ2n) is 7.09. The quantitative estimate of drug-likeness (QED) is 0.381. The number of rotatable bonds is 8. The van der Waals surface area contributed by atoms with Gasteiger partial charge in [-0.2, -0.15) is 0 Å². The van der Waals surface area contributed by atoms with Gasteiger partial charge < -0.3 is 14.0 Å². The molecule has 0 bridgehead atoms. The van der Waals surface area contributed by atoms with Crippen molar-refractivity contribution in [1.82, 2.24) is 9.55 Å². The first-order valence-corrected chi connectivity index (χ1v) is 10.9. The molecular formula is C23H23FN2O3S. The highest BCUT2D eigenvalue weighted by molar-refractivity contribution is 7.99. The van der Waals surface area contributed by atoms with E-state index in [0.29, 0.717) is 12.3 Å². The summed E-state index contributed by atoms with van der Waals surface area (Å²) in [6, 6.07) is 14.0. The van der Waals surface area contributed by atoms with Crippen LogP contribution < -0.4 is 4.74 Å². The topological polar surface area (TPSA) is 53.3 Å². The number of ether oxygens (including phenoxy) is 2. The van der Waals surface area contributed by atoms with Gasteiger partial charge in [-0.3, -0.25) is 4.79 Å². The summed E-state index contributed by atoms with van der Waals surface area (Å²) in [5, 5.41) is 0.744. The standard InChI is InChI=1S/C23H23FN2O3S/c1-28-22-10-9-17(24)12-19(22)21(27)15-30-23-25-13-20(16-6-3-2-4-7-16)26(23)14-18-8-5-11-29-18/h2-4,6-7,9-10,12-13,18H,5,8,11,14-15H2,1H3/t18-/m0/s1. The minimum Gasteiger partial charge on any atom is -0.496 e. The number of carbonyl (C=O) groups is 1. The van der Waals surface area contributed by atoms with E-state index in [0.717, 1.165) is 35.9 Å². The number of hydrogen-bond donors (Lipinski definition) is 0. The van der Waals surface area contributed by atoms with Crippen LogP contribution >= 0.6 is 11.8 Å². The molecular weight excluding hydrogens is 403 g/mol. The van der Waals surface area contributed by atoms with Gasteiger partial charge in [-0.25, -0.2) is 9.37 Å². The van der Waals surface area contributed by atoms with E-state index < -0.39 is 5.82 Å². The lowest BCUT2D eigenvalue weighted by Crippen LogP contribution is -2.17. The maximum atomic E-state index is 13.6. The highest BCUT2D eigenvalue weighted by Gasteiger charge is 2.22. The number of imidazole rings is 1. The molecule has 30 heavy (non-hydrogen) atoms. The van der Waals surface area contributed by atoms with Gasteiger partial charge in [0, 0.05) is 6.61 Å². The third kappa shape index (κ3) is 4.57. The Morgan fingerprint density at radius 2 is 2.13 bits per heavy atom. The van der Waals surface area contributed by atoms with Crippen LogP contribution in [0.15, 0.2) is 59.9 Å². The molecule has 1 atom stereocenters. The number of ketones is 1. The summed E-state index contributed by atoms with van der Waals surface area (Å²) < 4.78 is 26.8. The fraction of sp³-hybridized carbons (Fsp3) is 0.304. The summed E-state index contributed by atoms with van der Waals surface area (Å²) in [7, 11) is 1.47. The lowest BCUT2D eigenvalue weighted by atomic mass is 10.1. The Morgan fingerprint density at radius 3 is 2.87 bits per heavy atom. The second-order valence-corrected chi connectivity index (χ2v) is 8.04. The summed E-state index contributed by atoms with van der Waals surface area (Å²) in [5.74, 6) is -0.161. The maximum Gasteiger partial charge on any atom is 0.177 e. The van der Waals surface area contributed by atoms with Crippen molar-refractivity contribution in [3.05, 3.63) is 66.1 Å². The van der Waals surface area contributed by atoms with E-state index in [9.17, 15) is 9.18 Å². The second kappa shape index (κ2) is 9.45. The van der Waals surface area contributed by atoms with E-state index in [-0.39, 0.29) is 23.2 Å². The normalized spacial score (nSPS) is 16.0. The van der Waals surface area contributed by atoms with E-state index in [1.54, 1.807) is 0 Å². The number of carbonyl (C=O) groups excluding carboxylic acids is 1. The van der Waals surface area contributed by atoms with Crippen molar-refractivity contribution in [2.75, 3.05) is 19.5 Å². The van der Waals surface area contributed by atoms with Crippen LogP contribution in [0, 0.1) is 5.82 Å². The zero-order valence-corrected chi connectivity index (χ0v) is 17.5. The molecule has 0 N–H and O–H groups in total. The number of hydrogen-bond acceptors (Lipinski definition) is 5. The van der Waals surface area contributed by atoms with E-state index in [1.807, 2.05) is 36.5 Å². The molecule has 1 aliphatic heterocycles. The van der Waals surface area contributed by atoms with Crippen LogP contribution in [0.5, 0.6) is 5.75 Å². The Hall–Kier alpha value is -2.64. The molecule has 3 aromatic rings. The van der Waals surface area contributed by atoms with Gasteiger partial charge >= 0.3 is 0 Å². The highest BCUT2D eigenvalue weighted by atomic mass is 32.2. The van der Waals surface area contributed by atoms with Crippen molar-refractivity contribution in [2.24, 2.45) is 0 Å². The summed E-state index contributed by atoms with van der Waals surface area (Å²) in [6.45, 7) is 1.46. The molecule has 0 saturated carbocycles. The van der Waals surface area contributed by atoms with Crippen molar-refractivity contribution in [2.45, 2.75) is 30.6 Å². The van der Waals surface area contributed by atoms with Gasteiger partial charge in [0.2, 0.25) is 0 Å². The highest BCUT2D eigenvalue weighted by Crippen LogP contribution is 2.29. The molecule has 5 nitrogen and oxygen atoms in total. The zero-order chi connectivity index (χ0) is 20.9. The molecule has 0 amide bonds. The first kappa shape index (κ1) is 20.6. The molecule has 2 aromatic carbocycles. The molecule has 0 aliphatic carbocycles. The van der Waals surface area contributed by atoms with Gasteiger partial charge in [0.15, 0.2) is 10.9 Å². The molecule has 1 saturated heterocycles. The summed E-state index contributed by atoms with van der Waals surface area (Å²) >= 11 is 1.34. The fourth-order valence-corrected chi connectivity index (χ4v) is 4.46. The SMILES string of the molecule is COc1ccc(F)cc1C(=O)CSc1ncc(-c2ccccc2)n1C[C@@H]1CCCO1. The Balaban J connectivity index is 1.57. The fourth-order valence-electron chi connectivity index (χ4n) is 3.59. The number of aromatic nitrogens is 2. The molecule has 156 valence electrons. The average Bonchev–Trinajstić information content (AvgIpc) is 3.43. The van der Waals surface area contributed by atoms with Crippen LogP contribution in [0.3, 0.4) is 0 Å². The van der Waals surface area contributed by atoms with Crippen molar-refractivity contribution in [1.29, 1.82) is 0 Å². The minimum absolute atomic E-state index is 0.135. The Bertz CT molecular complexity index is 1020. The third-order valence-corrected chi connectivity index (χ3v) is 6.08. The lowest BCUT2D eigenvalue weighted by molar-refractivity contribution is 0.0954. The zero-order valence-electron chi connectivity index (χ0n) is 16.7. The van der Waals surface area contributed by atoms with Gasteiger partial charge in [-0.05, 0) is 36.6 Å². The molecule has 1 aromatic heterocycles. The third-order valence-electron chi connectivity index (χ3n) is 5.09. The van der Waals surface area contributed by atoms with E-state index >= 15 is 0 Å². The van der Waals surface area contributed by atoms with Gasteiger partial charge in [0.25, 0.3) is 0 Å². The van der Waals surface area contributed by atoms with Crippen LogP contribution in [0.25, 0.3) is 11.3 Å². The number of thioether (sulfide) groups is 1. The van der Waals surface area contributed by atoms with E-state index in [1.165, 1.54) is 37.1 Å². The molecule has 7 heteroatoms. The molecule has 0 unspecified atom stereocenters. The monoisotopic (exact) mass is 426 g/mol. The number of halogens is 1. The van der Waals surface area contributed by atoms with Crippen LogP contribution in [-0.4, -0.2) is 40.9 Å². The van der Waals surface area contributed by atoms with Gasteiger partial charge in [-0.1, -0.05) is 42.1 Å². The lowest BCUT2D eigenvalue weighted by Gasteiger charge is -2.16. The van der Waals surface area contributed by atoms with Crippen LogP contribution in [0.2, 0.25) is 0 Å². The smallest absolute Gasteiger partial charge is 0.177 e. The number of Topliss-reactive ketones (excluding diaryl/α,β-unsaturated/α-hetero) is 1. The minimum atomic E-state index is -0.463. The molecule has 2 heterocycles. The van der Waals surface area contributed by atoms with E-state index in [2.05, 4.69) is 9.55 Å².